The van der Waals surface area contributed by atoms with Crippen LogP contribution in [0.15, 0.2) is 48.2 Å². The Kier molecular flexibility index (Phi) is 25.4. The normalized spacial score (nSPS) is 10.8. The summed E-state index contributed by atoms with van der Waals surface area (Å²) < 4.78 is 0. The molecule has 1 rings (SSSR count). The van der Waals surface area contributed by atoms with Gasteiger partial charge in [-0.3, -0.25) is 6.08 Å². The first-order chi connectivity index (χ1) is 9.94. The van der Waals surface area contributed by atoms with Crippen LogP contribution in [0.5, 0.6) is 0 Å². The van der Waals surface area contributed by atoms with Gasteiger partial charge in [-0.2, -0.15) is 24.3 Å². The zero-order chi connectivity index (χ0) is 17.6. The molecule has 0 spiro atoms. The molecule has 0 aliphatic rings. The van der Waals surface area contributed by atoms with Gasteiger partial charge < -0.3 is 24.8 Å². The van der Waals surface area contributed by atoms with E-state index in [0.717, 1.165) is 0 Å². The Morgan fingerprint density at radius 1 is 1.00 bits per heavy atom. The van der Waals surface area contributed by atoms with E-state index in [9.17, 15) is 0 Å². The summed E-state index contributed by atoms with van der Waals surface area (Å²) in [5.74, 6) is 0. The topological polar surface area (TPSA) is 0 Å². The molecule has 0 amide bonds. The van der Waals surface area contributed by atoms with Crippen molar-refractivity contribution in [2.75, 3.05) is 0 Å². The largest absolute Gasteiger partial charge is 1.00 e. The van der Waals surface area contributed by atoms with E-state index in [-0.39, 0.29) is 30.2 Å². The van der Waals surface area contributed by atoms with Gasteiger partial charge in [-0.05, 0) is 8.07 Å². The molecular weight excluding hydrogens is 463 g/mol. The monoisotopic (exact) mass is 494 g/mol. The van der Waals surface area contributed by atoms with Gasteiger partial charge in [0.1, 0.15) is 0 Å². The average molecular weight is 497 g/mol. The van der Waals surface area contributed by atoms with Gasteiger partial charge in [0.2, 0.25) is 0 Å². The fourth-order valence-corrected chi connectivity index (χ4v) is 2.38. The molecular formula is C18H34Cl2Si3Zr-2. The van der Waals surface area contributed by atoms with Gasteiger partial charge in [-0.25, -0.2) is 23.9 Å². The molecule has 138 valence electrons. The number of rotatable bonds is 4. The summed E-state index contributed by atoms with van der Waals surface area (Å²) in [4.78, 5) is 0. The standard InChI is InChI=1S/C11H23Si2.C5H5.C2H6Si.2ClH.Zr/c1-12(2,3)10-8-7-9-11-13(4,5)6;1-2-4-5-3-1;1-3-2;;;/h8-10H,11H2,1-6H3;1-5H;1-2H3;2*1H;/q2*-1;;;;+2/p-2. The van der Waals surface area contributed by atoms with Crippen molar-refractivity contribution in [1.82, 2.24) is 0 Å². The van der Waals surface area contributed by atoms with Crippen LogP contribution in [0.2, 0.25) is 58.4 Å². The molecule has 0 heterocycles. The minimum atomic E-state index is -1.00. The fourth-order valence-electron chi connectivity index (χ4n) is 1.05. The number of hydrogen-bond donors (Lipinski definition) is 0. The summed E-state index contributed by atoms with van der Waals surface area (Å²) in [6.45, 7) is 18.8. The van der Waals surface area contributed by atoms with E-state index in [2.05, 4.69) is 76.3 Å². The second kappa shape index (κ2) is 18.7. The Morgan fingerprint density at radius 3 is 1.67 bits per heavy atom. The molecule has 0 N–H and O–H groups in total. The van der Waals surface area contributed by atoms with Crippen LogP contribution in [0.3, 0.4) is 0 Å². The maximum Gasteiger partial charge on any atom is -0.172 e. The van der Waals surface area contributed by atoms with Crippen molar-refractivity contribution >= 4 is 21.6 Å². The zero-order valence-electron chi connectivity index (χ0n) is 16.6. The fraction of sp³-hybridized carbons (Fsp3) is 0.500. The van der Waals surface area contributed by atoms with E-state index >= 15 is 0 Å². The van der Waals surface area contributed by atoms with Crippen LogP contribution in [0.25, 0.3) is 0 Å². The Labute approximate surface area is 181 Å². The molecule has 6 heteroatoms. The van der Waals surface area contributed by atoms with Crippen LogP contribution in [-0.2, 0) is 23.3 Å². The maximum atomic E-state index is 3.26. The van der Waals surface area contributed by atoms with Crippen LogP contribution in [0, 0.1) is 6.08 Å². The molecule has 0 nitrogen and oxygen atoms in total. The van der Waals surface area contributed by atoms with Gasteiger partial charge in [0.15, 0.2) is 0 Å². The van der Waals surface area contributed by atoms with E-state index in [0.29, 0.717) is 0 Å². The molecule has 0 aromatic heterocycles. The van der Waals surface area contributed by atoms with Crippen molar-refractivity contribution in [2.24, 2.45) is 0 Å². The second-order valence-electron chi connectivity index (χ2n) is 7.80. The minimum absolute atomic E-state index is 0. The van der Waals surface area contributed by atoms with Crippen molar-refractivity contribution in [3.8, 4) is 0 Å². The van der Waals surface area contributed by atoms with Gasteiger partial charge in [0.05, 0.1) is 0 Å². The summed E-state index contributed by atoms with van der Waals surface area (Å²) in [6.07, 6.45) is 7.56. The van der Waals surface area contributed by atoms with E-state index in [1.165, 1.54) is 6.04 Å². The molecule has 0 unspecified atom stereocenters. The minimum Gasteiger partial charge on any atom is -1.00 e. The Balaban J connectivity index is -0.000000150. The second-order valence-corrected chi connectivity index (χ2v) is 27.8. The number of hydrogen-bond acceptors (Lipinski definition) is 0. The van der Waals surface area contributed by atoms with E-state index < -0.39 is 16.1 Å². The summed E-state index contributed by atoms with van der Waals surface area (Å²) in [5.41, 5.74) is 2.54. The van der Waals surface area contributed by atoms with Crippen molar-refractivity contribution in [1.29, 1.82) is 0 Å². The van der Waals surface area contributed by atoms with Gasteiger partial charge in [0, 0.05) is 8.07 Å². The molecule has 0 aliphatic carbocycles. The van der Waals surface area contributed by atoms with Gasteiger partial charge >= 0.3 is 41.9 Å². The van der Waals surface area contributed by atoms with Crippen LogP contribution >= 0.6 is 0 Å². The predicted molar refractivity (Wildman–Crippen MR) is 108 cm³/mol. The van der Waals surface area contributed by atoms with Crippen molar-refractivity contribution in [3.05, 3.63) is 54.3 Å². The number of halogens is 2. The Morgan fingerprint density at radius 2 is 1.42 bits per heavy atom. The smallest absolute Gasteiger partial charge is 0.172 e. The Hall–Kier alpha value is 0.944. The SMILES string of the molecule is C[Si](C)(C)C=C[C-]=CC[Si](C)(C)C.C[Si](C)=[Zr+2].[Cl-].[Cl-].c1cc[cH-]c1. The van der Waals surface area contributed by atoms with Gasteiger partial charge in [-0.15, -0.1) is 0 Å². The third-order valence-corrected chi connectivity index (χ3v) is 4.66. The molecule has 1 aromatic carbocycles. The Bertz CT molecular complexity index is 407. The quantitative estimate of drug-likeness (QED) is 0.320. The van der Waals surface area contributed by atoms with Crippen LogP contribution in [0.4, 0.5) is 0 Å². The molecule has 24 heavy (non-hydrogen) atoms. The average Bonchev–Trinajstić information content (AvgIpc) is 2.82. The first-order valence-electron chi connectivity index (χ1n) is 7.88. The summed E-state index contributed by atoms with van der Waals surface area (Å²) in [6, 6.07) is 11.2. The molecule has 0 aliphatic heterocycles. The number of allylic oxidation sites excluding steroid dienone is 3. The molecule has 1 aromatic rings. The third-order valence-electron chi connectivity index (χ3n) is 2.07. The molecule has 0 saturated heterocycles. The molecule has 0 atom stereocenters. The van der Waals surface area contributed by atoms with E-state index in [4.69, 9.17) is 0 Å². The molecule has 0 saturated carbocycles. The van der Waals surface area contributed by atoms with Crippen LogP contribution in [0.1, 0.15) is 0 Å². The van der Waals surface area contributed by atoms with Crippen molar-refractivity contribution in [2.45, 2.75) is 58.4 Å². The van der Waals surface area contributed by atoms with Crippen LogP contribution in [-0.4, -0.2) is 21.6 Å². The van der Waals surface area contributed by atoms with E-state index in [1.807, 2.05) is 30.3 Å². The first-order valence-corrected chi connectivity index (χ1v) is 21.3. The summed E-state index contributed by atoms with van der Waals surface area (Å²) >= 11 is 1.74. The third kappa shape index (κ3) is 43.5. The van der Waals surface area contributed by atoms with Crippen molar-refractivity contribution in [3.63, 3.8) is 0 Å². The molecule has 0 bridgehead atoms. The zero-order valence-corrected chi connectivity index (χ0v) is 23.6. The molecule has 0 radical (unpaired) electrons. The van der Waals surface area contributed by atoms with E-state index in [1.54, 1.807) is 23.3 Å². The predicted octanol–water partition coefficient (Wildman–Crippen LogP) is 0.315. The van der Waals surface area contributed by atoms with Crippen molar-refractivity contribution < 1.29 is 48.1 Å². The maximum absolute atomic E-state index is 3.26. The van der Waals surface area contributed by atoms with Gasteiger partial charge in [-0.1, -0.05) is 45.3 Å². The van der Waals surface area contributed by atoms with Crippen LogP contribution < -0.4 is 24.8 Å². The summed E-state index contributed by atoms with van der Waals surface area (Å²) in [7, 11) is -1.90. The van der Waals surface area contributed by atoms with Gasteiger partial charge in [0.25, 0.3) is 0 Å². The summed E-state index contributed by atoms with van der Waals surface area (Å²) in [5, 5.41) is 0. The molecule has 0 fully saturated rings. The first kappa shape index (κ1) is 32.6.